The zero-order valence-electron chi connectivity index (χ0n) is 11.3. The van der Waals surface area contributed by atoms with Gasteiger partial charge in [-0.3, -0.25) is 4.79 Å². The Hall–Kier alpha value is -2.09. The molecule has 0 aliphatic rings. The van der Waals surface area contributed by atoms with E-state index in [1.807, 2.05) is 48.5 Å². The van der Waals surface area contributed by atoms with Gasteiger partial charge in [0.05, 0.1) is 6.04 Å². The first-order valence-corrected chi connectivity index (χ1v) is 6.55. The minimum atomic E-state index is -0.204. The van der Waals surface area contributed by atoms with Crippen LogP contribution < -0.4 is 5.32 Å². The number of rotatable bonds is 5. The highest BCUT2D eigenvalue weighted by Gasteiger charge is 2.22. The third-order valence-electron chi connectivity index (χ3n) is 3.36. The summed E-state index contributed by atoms with van der Waals surface area (Å²) in [6, 6.07) is 19.8. The van der Waals surface area contributed by atoms with Gasteiger partial charge in [0.1, 0.15) is 0 Å². The fourth-order valence-electron chi connectivity index (χ4n) is 2.24. The average molecular weight is 253 g/mol. The van der Waals surface area contributed by atoms with Gasteiger partial charge in [0.15, 0.2) is 5.78 Å². The molecule has 0 aliphatic heterocycles. The van der Waals surface area contributed by atoms with Crippen LogP contribution in [0.1, 0.15) is 25.3 Å². The molecule has 1 N–H and O–H groups in total. The number of anilines is 1. The van der Waals surface area contributed by atoms with Crippen LogP contribution in [0.4, 0.5) is 5.69 Å². The van der Waals surface area contributed by atoms with Crippen LogP contribution in [0.25, 0.3) is 0 Å². The molecule has 0 heterocycles. The van der Waals surface area contributed by atoms with Crippen molar-refractivity contribution in [3.05, 3.63) is 66.2 Å². The van der Waals surface area contributed by atoms with Crippen molar-refractivity contribution in [3.8, 4) is 0 Å². The van der Waals surface area contributed by atoms with Crippen molar-refractivity contribution in [2.24, 2.45) is 0 Å². The van der Waals surface area contributed by atoms with E-state index in [4.69, 9.17) is 0 Å². The van der Waals surface area contributed by atoms with Crippen molar-refractivity contribution in [2.45, 2.75) is 25.8 Å². The maximum absolute atomic E-state index is 11.9. The van der Waals surface area contributed by atoms with Crippen LogP contribution in [0.3, 0.4) is 0 Å². The smallest absolute Gasteiger partial charge is 0.152 e. The van der Waals surface area contributed by atoms with Gasteiger partial charge in [0.2, 0.25) is 0 Å². The predicted molar refractivity (Wildman–Crippen MR) is 79.4 cm³/mol. The molecule has 19 heavy (non-hydrogen) atoms. The second kappa shape index (κ2) is 6.19. The molecule has 2 atom stereocenters. The SMILES string of the molecule is CC(=O)[C@@H](Nc1ccccc1)C(C)c1ccccc1. The molecular formula is C17H19NO. The molecule has 0 spiro atoms. The van der Waals surface area contributed by atoms with Gasteiger partial charge in [-0.15, -0.1) is 0 Å². The van der Waals surface area contributed by atoms with E-state index in [1.54, 1.807) is 6.92 Å². The van der Waals surface area contributed by atoms with Gasteiger partial charge in [-0.05, 0) is 24.6 Å². The highest BCUT2D eigenvalue weighted by molar-refractivity contribution is 5.85. The van der Waals surface area contributed by atoms with E-state index >= 15 is 0 Å². The minimum absolute atomic E-state index is 0.138. The fourth-order valence-corrected chi connectivity index (χ4v) is 2.24. The Kier molecular flexibility index (Phi) is 4.35. The van der Waals surface area contributed by atoms with E-state index in [2.05, 4.69) is 24.4 Å². The number of hydrogen-bond acceptors (Lipinski definition) is 2. The van der Waals surface area contributed by atoms with Gasteiger partial charge < -0.3 is 5.32 Å². The van der Waals surface area contributed by atoms with Crippen molar-refractivity contribution < 1.29 is 4.79 Å². The van der Waals surface area contributed by atoms with E-state index < -0.39 is 0 Å². The summed E-state index contributed by atoms with van der Waals surface area (Å²) < 4.78 is 0. The molecule has 0 aromatic heterocycles. The first-order chi connectivity index (χ1) is 9.18. The lowest BCUT2D eigenvalue weighted by atomic mass is 9.91. The van der Waals surface area contributed by atoms with Gasteiger partial charge in [-0.2, -0.15) is 0 Å². The molecule has 2 rings (SSSR count). The van der Waals surface area contributed by atoms with Crippen molar-refractivity contribution in [1.82, 2.24) is 0 Å². The Labute approximate surface area is 114 Å². The maximum Gasteiger partial charge on any atom is 0.152 e. The number of carbonyl (C=O) groups is 1. The largest absolute Gasteiger partial charge is 0.375 e. The van der Waals surface area contributed by atoms with Gasteiger partial charge in [-0.1, -0.05) is 55.5 Å². The Morgan fingerprint density at radius 3 is 2.00 bits per heavy atom. The lowest BCUT2D eigenvalue weighted by Crippen LogP contribution is -2.32. The van der Waals surface area contributed by atoms with Crippen LogP contribution >= 0.6 is 0 Å². The number of hydrogen-bond donors (Lipinski definition) is 1. The molecule has 0 radical (unpaired) electrons. The van der Waals surface area contributed by atoms with E-state index in [1.165, 1.54) is 5.56 Å². The normalized spacial score (nSPS) is 13.6. The van der Waals surface area contributed by atoms with E-state index in [0.717, 1.165) is 5.69 Å². The summed E-state index contributed by atoms with van der Waals surface area (Å²) in [5.74, 6) is 0.291. The number of para-hydroxylation sites is 1. The summed E-state index contributed by atoms with van der Waals surface area (Å²) in [7, 11) is 0. The molecule has 2 nitrogen and oxygen atoms in total. The molecule has 0 aliphatic carbocycles. The van der Waals surface area contributed by atoms with E-state index in [0.29, 0.717) is 0 Å². The van der Waals surface area contributed by atoms with Gasteiger partial charge in [0.25, 0.3) is 0 Å². The summed E-state index contributed by atoms with van der Waals surface area (Å²) in [6.07, 6.45) is 0. The monoisotopic (exact) mass is 253 g/mol. The highest BCUT2D eigenvalue weighted by atomic mass is 16.1. The van der Waals surface area contributed by atoms with Crippen LogP contribution in [0.5, 0.6) is 0 Å². The van der Waals surface area contributed by atoms with Crippen LogP contribution in [0, 0.1) is 0 Å². The second-order valence-corrected chi connectivity index (χ2v) is 4.80. The van der Waals surface area contributed by atoms with Gasteiger partial charge in [0, 0.05) is 11.6 Å². The van der Waals surface area contributed by atoms with Crippen molar-refractivity contribution >= 4 is 11.5 Å². The quantitative estimate of drug-likeness (QED) is 0.876. The first kappa shape index (κ1) is 13.3. The molecule has 0 saturated heterocycles. The second-order valence-electron chi connectivity index (χ2n) is 4.80. The molecule has 2 aromatic carbocycles. The van der Waals surface area contributed by atoms with Crippen molar-refractivity contribution in [3.63, 3.8) is 0 Å². The summed E-state index contributed by atoms with van der Waals surface area (Å²) in [6.45, 7) is 3.72. The lowest BCUT2D eigenvalue weighted by Gasteiger charge is -2.24. The minimum Gasteiger partial charge on any atom is -0.375 e. The number of Topliss-reactive ketones (excluding diaryl/α,β-unsaturated/α-hetero) is 1. The van der Waals surface area contributed by atoms with Gasteiger partial charge in [-0.25, -0.2) is 0 Å². The third-order valence-corrected chi connectivity index (χ3v) is 3.36. The number of benzene rings is 2. The zero-order chi connectivity index (χ0) is 13.7. The van der Waals surface area contributed by atoms with Crippen molar-refractivity contribution in [2.75, 3.05) is 5.32 Å². The molecule has 2 heteroatoms. The lowest BCUT2D eigenvalue weighted by molar-refractivity contribution is -0.118. The topological polar surface area (TPSA) is 29.1 Å². The number of carbonyl (C=O) groups excluding carboxylic acids is 1. The van der Waals surface area contributed by atoms with E-state index in [9.17, 15) is 4.79 Å². The predicted octanol–water partition coefficient (Wildman–Crippen LogP) is 3.86. The maximum atomic E-state index is 11.9. The van der Waals surface area contributed by atoms with Crippen LogP contribution in [-0.2, 0) is 4.79 Å². The Morgan fingerprint density at radius 2 is 1.47 bits per heavy atom. The molecule has 0 amide bonds. The van der Waals surface area contributed by atoms with Crippen LogP contribution in [0.15, 0.2) is 60.7 Å². The Morgan fingerprint density at radius 1 is 0.947 bits per heavy atom. The zero-order valence-corrected chi connectivity index (χ0v) is 11.3. The molecule has 2 aromatic rings. The summed E-state index contributed by atoms with van der Waals surface area (Å²) in [5, 5.41) is 3.33. The van der Waals surface area contributed by atoms with Gasteiger partial charge >= 0.3 is 0 Å². The summed E-state index contributed by atoms with van der Waals surface area (Å²) >= 11 is 0. The Balaban J connectivity index is 2.19. The summed E-state index contributed by atoms with van der Waals surface area (Å²) in [4.78, 5) is 11.9. The standard InChI is InChI=1S/C17H19NO/c1-13(15-9-5-3-6-10-15)17(14(2)19)18-16-11-7-4-8-12-16/h3-13,17-18H,1-2H3/t13?,17-/m0/s1. The molecule has 0 saturated carbocycles. The molecule has 1 unspecified atom stereocenters. The molecule has 0 fully saturated rings. The number of ketones is 1. The van der Waals surface area contributed by atoms with E-state index in [-0.39, 0.29) is 17.7 Å². The Bertz CT molecular complexity index is 521. The average Bonchev–Trinajstić information content (AvgIpc) is 2.46. The number of nitrogens with one attached hydrogen (secondary N) is 1. The van der Waals surface area contributed by atoms with Crippen LogP contribution in [-0.4, -0.2) is 11.8 Å². The fraction of sp³-hybridized carbons (Fsp3) is 0.235. The summed E-state index contributed by atoms with van der Waals surface area (Å²) in [5.41, 5.74) is 2.15. The van der Waals surface area contributed by atoms with Crippen molar-refractivity contribution in [1.29, 1.82) is 0 Å². The van der Waals surface area contributed by atoms with Crippen LogP contribution in [0.2, 0.25) is 0 Å². The highest BCUT2D eigenvalue weighted by Crippen LogP contribution is 2.22. The molecule has 0 bridgehead atoms. The molecule has 98 valence electrons. The first-order valence-electron chi connectivity index (χ1n) is 6.55. The third kappa shape index (κ3) is 3.44. The molecular weight excluding hydrogens is 234 g/mol.